The van der Waals surface area contributed by atoms with Crippen LogP contribution in [0.2, 0.25) is 0 Å². The zero-order valence-electron chi connectivity index (χ0n) is 12.6. The first-order chi connectivity index (χ1) is 9.19. The van der Waals surface area contributed by atoms with Crippen molar-refractivity contribution in [3.8, 4) is 0 Å². The molecule has 1 aliphatic rings. The largest absolute Gasteiger partial charge is 0.385 e. The van der Waals surface area contributed by atoms with Gasteiger partial charge in [-0.05, 0) is 56.7 Å². The Morgan fingerprint density at radius 2 is 2.16 bits per heavy atom. The highest BCUT2D eigenvalue weighted by Crippen LogP contribution is 2.22. The molecule has 0 spiro atoms. The Hall–Kier alpha value is -0.860. The van der Waals surface area contributed by atoms with Gasteiger partial charge in [0.1, 0.15) is 0 Å². The zero-order chi connectivity index (χ0) is 13.7. The number of benzene rings is 1. The first-order valence-electron chi connectivity index (χ1n) is 7.46. The molecule has 0 amide bonds. The molecule has 1 heterocycles. The third kappa shape index (κ3) is 4.32. The van der Waals surface area contributed by atoms with Crippen molar-refractivity contribution in [1.29, 1.82) is 0 Å². The highest BCUT2D eigenvalue weighted by atomic mass is 16.5. The Bertz CT molecular complexity index is 402. The average Bonchev–Trinajstić information content (AvgIpc) is 2.40. The van der Waals surface area contributed by atoms with Crippen LogP contribution in [0.3, 0.4) is 0 Å². The van der Waals surface area contributed by atoms with Crippen LogP contribution in [0.5, 0.6) is 0 Å². The maximum absolute atomic E-state index is 5.21. The quantitative estimate of drug-likeness (QED) is 0.803. The summed E-state index contributed by atoms with van der Waals surface area (Å²) in [5, 5.41) is 0. The van der Waals surface area contributed by atoms with E-state index in [2.05, 4.69) is 36.9 Å². The van der Waals surface area contributed by atoms with Gasteiger partial charge in [0, 0.05) is 26.8 Å². The molecule has 0 saturated carbocycles. The lowest BCUT2D eigenvalue weighted by Gasteiger charge is -2.33. The minimum atomic E-state index is 0.819. The number of hydrogen-bond donors (Lipinski definition) is 0. The maximum Gasteiger partial charge on any atom is 0.0465 e. The molecule has 0 bridgehead atoms. The molecule has 0 N–H and O–H groups in total. The molecular weight excluding hydrogens is 234 g/mol. The minimum Gasteiger partial charge on any atom is -0.385 e. The molecule has 1 aromatic rings. The number of ether oxygens (including phenoxy) is 1. The molecular formula is C17H27NO. The minimum absolute atomic E-state index is 0.819. The number of likely N-dealkylation sites (tertiary alicyclic amines) is 1. The van der Waals surface area contributed by atoms with Crippen molar-refractivity contribution in [3.05, 3.63) is 34.9 Å². The summed E-state index contributed by atoms with van der Waals surface area (Å²) >= 11 is 0. The second-order valence-electron chi connectivity index (χ2n) is 5.95. The van der Waals surface area contributed by atoms with Gasteiger partial charge in [-0.2, -0.15) is 0 Å². The van der Waals surface area contributed by atoms with Crippen LogP contribution in [0, 0.1) is 19.8 Å². The van der Waals surface area contributed by atoms with Crippen LogP contribution < -0.4 is 0 Å². The van der Waals surface area contributed by atoms with Gasteiger partial charge < -0.3 is 4.74 Å². The van der Waals surface area contributed by atoms with Gasteiger partial charge in [0.15, 0.2) is 0 Å². The van der Waals surface area contributed by atoms with Crippen molar-refractivity contribution < 1.29 is 4.74 Å². The second-order valence-corrected chi connectivity index (χ2v) is 5.95. The average molecular weight is 261 g/mol. The number of rotatable bonds is 5. The standard InChI is InChI=1S/C17H27NO/c1-14-6-7-17(15(2)11-14)13-18-9-4-5-16(12-18)8-10-19-3/h6-7,11,16H,4-5,8-10,12-13H2,1-3H3. The molecule has 2 heteroatoms. The summed E-state index contributed by atoms with van der Waals surface area (Å²) in [5.74, 6) is 0.819. The van der Waals surface area contributed by atoms with Gasteiger partial charge in [-0.3, -0.25) is 4.90 Å². The fourth-order valence-corrected chi connectivity index (χ4v) is 3.08. The topological polar surface area (TPSA) is 12.5 Å². The fraction of sp³-hybridized carbons (Fsp3) is 0.647. The van der Waals surface area contributed by atoms with E-state index in [1.165, 1.54) is 49.0 Å². The molecule has 2 rings (SSSR count). The van der Waals surface area contributed by atoms with Crippen molar-refractivity contribution in [2.24, 2.45) is 5.92 Å². The number of nitrogens with zero attached hydrogens (tertiary/aromatic N) is 1. The zero-order valence-corrected chi connectivity index (χ0v) is 12.6. The molecule has 0 aliphatic carbocycles. The molecule has 19 heavy (non-hydrogen) atoms. The highest BCUT2D eigenvalue weighted by molar-refractivity contribution is 5.30. The maximum atomic E-state index is 5.21. The number of aryl methyl sites for hydroxylation is 2. The van der Waals surface area contributed by atoms with Crippen LogP contribution in [0.15, 0.2) is 18.2 Å². The fourth-order valence-electron chi connectivity index (χ4n) is 3.08. The van der Waals surface area contributed by atoms with E-state index in [0.29, 0.717) is 0 Å². The highest BCUT2D eigenvalue weighted by Gasteiger charge is 2.19. The van der Waals surface area contributed by atoms with E-state index in [4.69, 9.17) is 4.74 Å². The van der Waals surface area contributed by atoms with Crippen molar-refractivity contribution in [2.45, 2.75) is 39.7 Å². The summed E-state index contributed by atoms with van der Waals surface area (Å²) in [5.41, 5.74) is 4.27. The monoisotopic (exact) mass is 261 g/mol. The Morgan fingerprint density at radius 3 is 2.89 bits per heavy atom. The molecule has 1 fully saturated rings. The Balaban J connectivity index is 1.91. The lowest BCUT2D eigenvalue weighted by atomic mass is 9.94. The number of methoxy groups -OCH3 is 1. The second kappa shape index (κ2) is 7.06. The summed E-state index contributed by atoms with van der Waals surface area (Å²) in [4.78, 5) is 2.61. The van der Waals surface area contributed by atoms with Gasteiger partial charge in [0.2, 0.25) is 0 Å². The molecule has 1 aliphatic heterocycles. The molecule has 1 atom stereocenters. The lowest BCUT2D eigenvalue weighted by Crippen LogP contribution is -2.35. The smallest absolute Gasteiger partial charge is 0.0465 e. The van der Waals surface area contributed by atoms with E-state index in [-0.39, 0.29) is 0 Å². The summed E-state index contributed by atoms with van der Waals surface area (Å²) in [6.45, 7) is 8.89. The van der Waals surface area contributed by atoms with Crippen LogP contribution in [-0.2, 0) is 11.3 Å². The van der Waals surface area contributed by atoms with Crippen molar-refractivity contribution in [3.63, 3.8) is 0 Å². The summed E-state index contributed by atoms with van der Waals surface area (Å²) < 4.78 is 5.21. The molecule has 1 unspecified atom stereocenters. The first kappa shape index (κ1) is 14.5. The van der Waals surface area contributed by atoms with Gasteiger partial charge in [-0.25, -0.2) is 0 Å². The Kier molecular flexibility index (Phi) is 5.41. The van der Waals surface area contributed by atoms with Gasteiger partial charge in [0.05, 0.1) is 0 Å². The molecule has 0 radical (unpaired) electrons. The molecule has 2 nitrogen and oxygen atoms in total. The van der Waals surface area contributed by atoms with E-state index < -0.39 is 0 Å². The molecule has 1 saturated heterocycles. The van der Waals surface area contributed by atoms with E-state index in [1.807, 2.05) is 0 Å². The van der Waals surface area contributed by atoms with Crippen LogP contribution in [0.25, 0.3) is 0 Å². The van der Waals surface area contributed by atoms with Gasteiger partial charge in [-0.15, -0.1) is 0 Å². The van der Waals surface area contributed by atoms with Gasteiger partial charge in [-0.1, -0.05) is 23.8 Å². The summed E-state index contributed by atoms with van der Waals surface area (Å²) in [6, 6.07) is 6.82. The van der Waals surface area contributed by atoms with Crippen LogP contribution in [0.1, 0.15) is 36.0 Å². The molecule has 1 aromatic carbocycles. The SMILES string of the molecule is COCCC1CCCN(Cc2ccc(C)cc2C)C1. The molecule has 106 valence electrons. The van der Waals surface area contributed by atoms with Crippen LogP contribution in [-0.4, -0.2) is 31.7 Å². The number of piperidine rings is 1. The third-order valence-corrected chi connectivity index (χ3v) is 4.23. The number of hydrogen-bond acceptors (Lipinski definition) is 2. The van der Waals surface area contributed by atoms with Crippen molar-refractivity contribution in [2.75, 3.05) is 26.8 Å². The Morgan fingerprint density at radius 1 is 1.32 bits per heavy atom. The third-order valence-electron chi connectivity index (χ3n) is 4.23. The van der Waals surface area contributed by atoms with Crippen molar-refractivity contribution in [1.82, 2.24) is 4.90 Å². The van der Waals surface area contributed by atoms with E-state index in [1.54, 1.807) is 7.11 Å². The van der Waals surface area contributed by atoms with Crippen LogP contribution in [0.4, 0.5) is 0 Å². The predicted molar refractivity (Wildman–Crippen MR) is 80.4 cm³/mol. The van der Waals surface area contributed by atoms with Gasteiger partial charge >= 0.3 is 0 Å². The Labute approximate surface area is 117 Å². The van der Waals surface area contributed by atoms with Crippen LogP contribution >= 0.6 is 0 Å². The summed E-state index contributed by atoms with van der Waals surface area (Å²) in [6.07, 6.45) is 3.91. The van der Waals surface area contributed by atoms with E-state index in [9.17, 15) is 0 Å². The predicted octanol–water partition coefficient (Wildman–Crippen LogP) is 3.55. The van der Waals surface area contributed by atoms with Crippen molar-refractivity contribution >= 4 is 0 Å². The lowest BCUT2D eigenvalue weighted by molar-refractivity contribution is 0.123. The summed E-state index contributed by atoms with van der Waals surface area (Å²) in [7, 11) is 1.80. The van der Waals surface area contributed by atoms with Gasteiger partial charge in [0.25, 0.3) is 0 Å². The van der Waals surface area contributed by atoms with E-state index >= 15 is 0 Å². The van der Waals surface area contributed by atoms with E-state index in [0.717, 1.165) is 19.1 Å². The molecule has 0 aromatic heterocycles. The first-order valence-corrected chi connectivity index (χ1v) is 7.46. The normalized spacial score (nSPS) is 20.7.